The Balaban J connectivity index is 1.27. The maximum Gasteiger partial charge on any atom is 0.320 e. The van der Waals surface area contributed by atoms with Gasteiger partial charge in [0.25, 0.3) is 0 Å². The molecule has 2 saturated heterocycles. The minimum absolute atomic E-state index is 0.00641. The highest BCUT2D eigenvalue weighted by molar-refractivity contribution is 7.89. The van der Waals surface area contributed by atoms with Gasteiger partial charge in [-0.15, -0.1) is 0 Å². The van der Waals surface area contributed by atoms with Crippen LogP contribution in [0, 0.1) is 0 Å². The van der Waals surface area contributed by atoms with E-state index in [9.17, 15) is 18.0 Å². The molecule has 1 atom stereocenters. The number of hydrogen-bond donors (Lipinski definition) is 2. The van der Waals surface area contributed by atoms with Gasteiger partial charge in [0.15, 0.2) is 0 Å². The van der Waals surface area contributed by atoms with E-state index in [-0.39, 0.29) is 24.4 Å². The van der Waals surface area contributed by atoms with Gasteiger partial charge in [-0.25, -0.2) is 18.2 Å². The number of sulfonamides is 1. The fraction of sp³-hybridized carbons (Fsp3) is 0.500. The van der Waals surface area contributed by atoms with E-state index < -0.39 is 10.0 Å². The van der Waals surface area contributed by atoms with Crippen molar-refractivity contribution in [3.63, 3.8) is 0 Å². The second kappa shape index (κ2) is 7.99. The van der Waals surface area contributed by atoms with Crippen molar-refractivity contribution < 1.29 is 22.7 Å². The van der Waals surface area contributed by atoms with E-state index in [4.69, 9.17) is 4.74 Å². The summed E-state index contributed by atoms with van der Waals surface area (Å²) in [5, 5.41) is 5.50. The molecule has 156 valence electrons. The number of carbonyl (C=O) groups excluding carboxylic acids is 2. The van der Waals surface area contributed by atoms with Crippen LogP contribution in [-0.4, -0.2) is 80.5 Å². The number of urea groups is 1. The molecule has 4 rings (SSSR count). The molecule has 0 aromatic heterocycles. The highest BCUT2D eigenvalue weighted by Gasteiger charge is 2.31. The average molecular weight is 421 g/mol. The third-order valence-corrected chi connectivity index (χ3v) is 7.18. The molecule has 10 nitrogen and oxygen atoms in total. The number of ether oxygens (including phenoxy) is 1. The topological polar surface area (TPSA) is 120 Å². The number of amidine groups is 1. The summed E-state index contributed by atoms with van der Waals surface area (Å²) < 4.78 is 32.0. The Labute approximate surface area is 169 Å². The molecule has 29 heavy (non-hydrogen) atoms. The molecule has 0 saturated carbocycles. The second-order valence-corrected chi connectivity index (χ2v) is 9.29. The molecule has 2 N–H and O–H groups in total. The fourth-order valence-corrected chi connectivity index (χ4v) is 5.10. The molecular weight excluding hydrogens is 398 g/mol. The molecule has 3 amide bonds. The molecule has 2 fully saturated rings. The van der Waals surface area contributed by atoms with Crippen molar-refractivity contribution in [2.24, 2.45) is 4.99 Å². The first kappa shape index (κ1) is 19.6. The van der Waals surface area contributed by atoms with Gasteiger partial charge in [-0.2, -0.15) is 4.31 Å². The van der Waals surface area contributed by atoms with E-state index in [2.05, 4.69) is 15.6 Å². The average Bonchev–Trinajstić information content (AvgIpc) is 3.08. The van der Waals surface area contributed by atoms with Crippen molar-refractivity contribution in [2.75, 3.05) is 38.5 Å². The van der Waals surface area contributed by atoms with E-state index in [0.29, 0.717) is 50.6 Å². The molecule has 0 aliphatic carbocycles. The zero-order valence-electron chi connectivity index (χ0n) is 15.8. The number of fused-ring (bicyclic) bond motifs is 2. The number of nitrogens with zero attached hydrogens (tertiary/aromatic N) is 3. The first-order chi connectivity index (χ1) is 13.9. The predicted molar refractivity (Wildman–Crippen MR) is 106 cm³/mol. The van der Waals surface area contributed by atoms with Crippen LogP contribution in [0.5, 0.6) is 5.75 Å². The van der Waals surface area contributed by atoms with Crippen LogP contribution in [0.3, 0.4) is 0 Å². The molecule has 3 heterocycles. The van der Waals surface area contributed by atoms with E-state index in [1.807, 2.05) is 12.1 Å². The Morgan fingerprint density at radius 2 is 2.03 bits per heavy atom. The molecule has 11 heteroatoms. The lowest BCUT2D eigenvalue weighted by Crippen LogP contribution is -2.48. The Bertz CT molecular complexity index is 940. The van der Waals surface area contributed by atoms with Crippen LogP contribution in [-0.2, 0) is 21.2 Å². The number of aliphatic imine (C=N–C) groups is 1. The SMILES string of the molecule is O=CN1CCN(S(=O)(=O)CCCOc2ccc3c(c2)CC2NC(=O)NC2=N3)CC1. The van der Waals surface area contributed by atoms with Gasteiger partial charge in [-0.3, -0.25) is 10.1 Å². The Morgan fingerprint density at radius 3 is 2.79 bits per heavy atom. The lowest BCUT2D eigenvalue weighted by atomic mass is 10.0. The molecule has 0 spiro atoms. The smallest absolute Gasteiger partial charge is 0.320 e. The standard InChI is InChI=1S/C18H23N5O5S/c24-12-22-4-6-23(7-5-22)29(26,27)9-1-8-28-14-2-3-15-13(10-14)11-16-17(19-15)21-18(25)20-16/h2-3,10,12,16H,1,4-9,11H2,(H2,19,20,21,25). The van der Waals surface area contributed by atoms with Crippen LogP contribution >= 0.6 is 0 Å². The summed E-state index contributed by atoms with van der Waals surface area (Å²) in [5.41, 5.74) is 1.77. The van der Waals surface area contributed by atoms with Crippen molar-refractivity contribution in [3.8, 4) is 5.75 Å². The normalized spacial score (nSPS) is 21.5. The van der Waals surface area contributed by atoms with Crippen LogP contribution in [0.1, 0.15) is 12.0 Å². The minimum Gasteiger partial charge on any atom is -0.494 e. The molecule has 0 bridgehead atoms. The van der Waals surface area contributed by atoms with E-state index in [1.54, 1.807) is 11.0 Å². The molecule has 3 aliphatic rings. The monoisotopic (exact) mass is 421 g/mol. The number of carbonyl (C=O) groups is 2. The summed E-state index contributed by atoms with van der Waals surface area (Å²) in [5.74, 6) is 1.29. The Hall–Kier alpha value is -2.66. The zero-order valence-corrected chi connectivity index (χ0v) is 16.7. The van der Waals surface area contributed by atoms with Gasteiger partial charge in [0.2, 0.25) is 16.4 Å². The second-order valence-electron chi connectivity index (χ2n) is 7.20. The van der Waals surface area contributed by atoms with Crippen molar-refractivity contribution in [2.45, 2.75) is 18.9 Å². The van der Waals surface area contributed by atoms with E-state index in [0.717, 1.165) is 17.7 Å². The third-order valence-electron chi connectivity index (χ3n) is 5.22. The summed E-state index contributed by atoms with van der Waals surface area (Å²) in [4.78, 5) is 28.2. The quantitative estimate of drug-likeness (QED) is 0.468. The van der Waals surface area contributed by atoms with E-state index >= 15 is 0 Å². The number of hydrogen-bond acceptors (Lipinski definition) is 6. The number of nitrogens with one attached hydrogen (secondary N) is 2. The van der Waals surface area contributed by atoms with Crippen molar-refractivity contribution in [3.05, 3.63) is 23.8 Å². The molecular formula is C18H23N5O5S. The number of rotatable bonds is 7. The summed E-state index contributed by atoms with van der Waals surface area (Å²) in [6.07, 6.45) is 1.75. The van der Waals surface area contributed by atoms with Gasteiger partial charge in [-0.05, 0) is 30.2 Å². The maximum absolute atomic E-state index is 12.4. The summed E-state index contributed by atoms with van der Waals surface area (Å²) >= 11 is 0. The number of amides is 3. The fourth-order valence-electron chi connectivity index (χ4n) is 3.64. The maximum atomic E-state index is 12.4. The minimum atomic E-state index is -3.35. The molecule has 1 aromatic carbocycles. The van der Waals surface area contributed by atoms with Gasteiger partial charge in [0.1, 0.15) is 11.6 Å². The van der Waals surface area contributed by atoms with Gasteiger partial charge < -0.3 is 15.0 Å². The molecule has 0 radical (unpaired) electrons. The number of benzene rings is 1. The molecule has 1 aromatic rings. The van der Waals surface area contributed by atoms with E-state index in [1.165, 1.54) is 4.31 Å². The van der Waals surface area contributed by atoms with Crippen molar-refractivity contribution in [1.29, 1.82) is 0 Å². The van der Waals surface area contributed by atoms with Crippen molar-refractivity contribution in [1.82, 2.24) is 19.8 Å². The largest absolute Gasteiger partial charge is 0.494 e. The van der Waals surface area contributed by atoms with Crippen LogP contribution in [0.15, 0.2) is 23.2 Å². The Morgan fingerprint density at radius 1 is 1.24 bits per heavy atom. The molecule has 3 aliphatic heterocycles. The van der Waals surface area contributed by atoms with Gasteiger partial charge in [0.05, 0.1) is 24.1 Å². The highest BCUT2D eigenvalue weighted by atomic mass is 32.2. The van der Waals surface area contributed by atoms with Crippen LogP contribution in [0.25, 0.3) is 0 Å². The summed E-state index contributed by atoms with van der Waals surface area (Å²) in [7, 11) is -3.35. The lowest BCUT2D eigenvalue weighted by molar-refractivity contribution is -0.119. The van der Waals surface area contributed by atoms with Crippen LogP contribution in [0.2, 0.25) is 0 Å². The van der Waals surface area contributed by atoms with Gasteiger partial charge >= 0.3 is 6.03 Å². The molecule has 1 unspecified atom stereocenters. The first-order valence-electron chi connectivity index (χ1n) is 9.53. The Kier molecular flexibility index (Phi) is 5.41. The predicted octanol–water partition coefficient (Wildman–Crippen LogP) is -0.173. The highest BCUT2D eigenvalue weighted by Crippen LogP contribution is 2.30. The van der Waals surface area contributed by atoms with Crippen LogP contribution < -0.4 is 15.4 Å². The summed E-state index contributed by atoms with van der Waals surface area (Å²) in [6, 6.07) is 5.12. The first-order valence-corrected chi connectivity index (χ1v) is 11.1. The third kappa shape index (κ3) is 4.35. The lowest BCUT2D eigenvalue weighted by Gasteiger charge is -2.31. The van der Waals surface area contributed by atoms with Gasteiger partial charge in [0, 0.05) is 32.6 Å². The van der Waals surface area contributed by atoms with Crippen LogP contribution in [0.4, 0.5) is 10.5 Å². The summed E-state index contributed by atoms with van der Waals surface area (Å²) in [6.45, 7) is 1.80. The number of piperazine rings is 1. The zero-order chi connectivity index (χ0) is 20.4. The van der Waals surface area contributed by atoms with Crippen molar-refractivity contribution >= 4 is 34.0 Å². The van der Waals surface area contributed by atoms with Gasteiger partial charge in [-0.1, -0.05) is 0 Å².